The molecule has 0 radical (unpaired) electrons. The van der Waals surface area contributed by atoms with Gasteiger partial charge in [-0.3, -0.25) is 4.79 Å². The molecule has 108 valence electrons. The van der Waals surface area contributed by atoms with E-state index >= 15 is 0 Å². The first kappa shape index (κ1) is 14.0. The largest absolute Gasteiger partial charge is 0.480 e. The summed E-state index contributed by atoms with van der Waals surface area (Å²) in [6.45, 7) is 0. The van der Waals surface area contributed by atoms with Crippen molar-refractivity contribution in [1.82, 2.24) is 0 Å². The smallest absolute Gasteiger partial charge is 0.319 e. The third-order valence-electron chi connectivity index (χ3n) is 4.76. The molecule has 0 aromatic heterocycles. The summed E-state index contributed by atoms with van der Waals surface area (Å²) in [6, 6.07) is 10.4. The van der Waals surface area contributed by atoms with Crippen LogP contribution in [0.5, 0.6) is 0 Å². The van der Waals surface area contributed by atoms with Crippen molar-refractivity contribution in [3.8, 4) is 0 Å². The molecule has 2 fully saturated rings. The normalized spacial score (nSPS) is 30.7. The van der Waals surface area contributed by atoms with E-state index in [1.807, 2.05) is 18.2 Å². The second-order valence-corrected chi connectivity index (χ2v) is 7.88. The molecule has 2 aliphatic carbocycles. The van der Waals surface area contributed by atoms with Crippen LogP contribution in [0, 0.1) is 0 Å². The monoisotopic (exact) mass is 290 g/mol. The number of benzene rings is 1. The number of rotatable bonds is 4. The third kappa shape index (κ3) is 2.73. The lowest BCUT2D eigenvalue weighted by molar-refractivity contribution is -0.142. The highest BCUT2D eigenvalue weighted by molar-refractivity contribution is 8.02. The molecule has 3 rings (SSSR count). The summed E-state index contributed by atoms with van der Waals surface area (Å²) in [6.07, 6.45) is 7.88. The summed E-state index contributed by atoms with van der Waals surface area (Å²) in [5, 5.41) is 10.2. The van der Waals surface area contributed by atoms with Crippen molar-refractivity contribution in [2.24, 2.45) is 0 Å². The van der Waals surface area contributed by atoms with Crippen LogP contribution < -0.4 is 0 Å². The van der Waals surface area contributed by atoms with Crippen molar-refractivity contribution in [3.63, 3.8) is 0 Å². The van der Waals surface area contributed by atoms with E-state index < -0.39 is 10.7 Å². The van der Waals surface area contributed by atoms with E-state index in [4.69, 9.17) is 0 Å². The lowest BCUT2D eigenvalue weighted by atomic mass is 9.70. The first-order valence-electron chi connectivity index (χ1n) is 7.66. The molecule has 0 saturated heterocycles. The highest BCUT2D eigenvalue weighted by Gasteiger charge is 2.52. The zero-order valence-electron chi connectivity index (χ0n) is 11.8. The first-order valence-corrected chi connectivity index (χ1v) is 8.54. The minimum Gasteiger partial charge on any atom is -0.480 e. The zero-order valence-corrected chi connectivity index (χ0v) is 12.6. The maximum atomic E-state index is 11.7. The summed E-state index contributed by atoms with van der Waals surface area (Å²) >= 11 is 1.76. The van der Waals surface area contributed by atoms with Gasteiger partial charge in [0.25, 0.3) is 0 Å². The lowest BCUT2D eigenvalue weighted by Gasteiger charge is -2.46. The van der Waals surface area contributed by atoms with Crippen LogP contribution in [0.2, 0.25) is 0 Å². The second kappa shape index (κ2) is 5.80. The van der Waals surface area contributed by atoms with Gasteiger partial charge in [0.2, 0.25) is 0 Å². The Kier molecular flexibility index (Phi) is 4.06. The summed E-state index contributed by atoms with van der Waals surface area (Å²) < 4.78 is -0.511. The Morgan fingerprint density at radius 1 is 1.10 bits per heavy atom. The molecule has 0 heterocycles. The fourth-order valence-corrected chi connectivity index (χ4v) is 5.42. The van der Waals surface area contributed by atoms with Gasteiger partial charge >= 0.3 is 5.97 Å². The van der Waals surface area contributed by atoms with Crippen molar-refractivity contribution in [2.45, 2.75) is 60.9 Å². The summed E-state index contributed by atoms with van der Waals surface area (Å²) in [5.74, 6) is -0.163. The number of carboxylic acids is 1. The molecule has 0 atom stereocenters. The van der Waals surface area contributed by atoms with Crippen LogP contribution in [0.1, 0.15) is 56.4 Å². The van der Waals surface area contributed by atoms with Gasteiger partial charge in [-0.05, 0) is 37.2 Å². The Hall–Kier alpha value is -0.960. The van der Waals surface area contributed by atoms with Gasteiger partial charge in [0.05, 0.1) is 0 Å². The molecule has 0 bridgehead atoms. The number of carbonyl (C=O) groups is 1. The second-order valence-electron chi connectivity index (χ2n) is 6.19. The molecule has 1 aromatic carbocycles. The predicted molar refractivity (Wildman–Crippen MR) is 83.2 cm³/mol. The van der Waals surface area contributed by atoms with Gasteiger partial charge in [-0.15, -0.1) is 11.8 Å². The van der Waals surface area contributed by atoms with Gasteiger partial charge in [0.15, 0.2) is 0 Å². The predicted octanol–water partition coefficient (Wildman–Crippen LogP) is 4.45. The standard InChI is InChI=1S/C17H22O2S/c18-16(19)17(20-15-9-5-2-6-10-15)11-14(12-17)13-7-3-1-4-8-13/h1,3-4,7-8,14-15H,2,5-6,9-12H2,(H,18,19). The van der Waals surface area contributed by atoms with Crippen LogP contribution in [0.25, 0.3) is 0 Å². The van der Waals surface area contributed by atoms with E-state index in [2.05, 4.69) is 12.1 Å². The molecule has 2 nitrogen and oxygen atoms in total. The van der Waals surface area contributed by atoms with Crippen LogP contribution in [0.15, 0.2) is 30.3 Å². The van der Waals surface area contributed by atoms with Gasteiger partial charge in [-0.2, -0.15) is 0 Å². The minimum absolute atomic E-state index is 0.434. The van der Waals surface area contributed by atoms with E-state index in [-0.39, 0.29) is 0 Å². The minimum atomic E-state index is -0.597. The van der Waals surface area contributed by atoms with E-state index in [0.717, 1.165) is 12.8 Å². The molecule has 0 aliphatic heterocycles. The van der Waals surface area contributed by atoms with Gasteiger partial charge in [0.1, 0.15) is 4.75 Å². The summed E-state index contributed by atoms with van der Waals surface area (Å²) in [7, 11) is 0. The molecular weight excluding hydrogens is 268 g/mol. The fraction of sp³-hybridized carbons (Fsp3) is 0.588. The lowest BCUT2D eigenvalue weighted by Crippen LogP contribution is -2.48. The Morgan fingerprint density at radius 3 is 2.35 bits per heavy atom. The van der Waals surface area contributed by atoms with Crippen LogP contribution in [0.4, 0.5) is 0 Å². The number of hydrogen-bond acceptors (Lipinski definition) is 2. The molecule has 0 amide bonds. The molecule has 3 heteroatoms. The summed E-state index contributed by atoms with van der Waals surface area (Å²) in [4.78, 5) is 11.7. The maximum absolute atomic E-state index is 11.7. The molecule has 1 aromatic rings. The van der Waals surface area contributed by atoms with Crippen LogP contribution in [0.3, 0.4) is 0 Å². The molecule has 0 spiro atoms. The van der Waals surface area contributed by atoms with Crippen LogP contribution in [-0.2, 0) is 4.79 Å². The van der Waals surface area contributed by atoms with E-state index in [1.165, 1.54) is 37.7 Å². The van der Waals surface area contributed by atoms with Gasteiger partial charge in [0, 0.05) is 5.25 Å². The molecule has 0 unspecified atom stereocenters. The van der Waals surface area contributed by atoms with Crippen molar-refractivity contribution >= 4 is 17.7 Å². The number of thioether (sulfide) groups is 1. The number of aliphatic carboxylic acids is 1. The third-order valence-corrected chi connectivity index (χ3v) is 6.52. The van der Waals surface area contributed by atoms with Gasteiger partial charge < -0.3 is 5.11 Å². The zero-order chi connectivity index (χ0) is 14.0. The average Bonchev–Trinajstić information content (AvgIpc) is 2.44. The van der Waals surface area contributed by atoms with Gasteiger partial charge in [-0.1, -0.05) is 49.6 Å². The maximum Gasteiger partial charge on any atom is 0.319 e. The van der Waals surface area contributed by atoms with Crippen LogP contribution in [-0.4, -0.2) is 21.1 Å². The molecule has 2 saturated carbocycles. The van der Waals surface area contributed by atoms with Crippen molar-refractivity contribution in [1.29, 1.82) is 0 Å². The first-order chi connectivity index (χ1) is 9.70. The van der Waals surface area contributed by atoms with E-state index in [1.54, 1.807) is 11.8 Å². The molecule has 1 N–H and O–H groups in total. The molecule has 2 aliphatic rings. The Morgan fingerprint density at radius 2 is 1.75 bits per heavy atom. The van der Waals surface area contributed by atoms with Crippen molar-refractivity contribution < 1.29 is 9.90 Å². The molecular formula is C17H22O2S. The van der Waals surface area contributed by atoms with E-state index in [9.17, 15) is 9.90 Å². The quantitative estimate of drug-likeness (QED) is 0.890. The highest BCUT2D eigenvalue weighted by atomic mass is 32.2. The fourth-order valence-electron chi connectivity index (χ4n) is 3.52. The van der Waals surface area contributed by atoms with Crippen molar-refractivity contribution in [2.75, 3.05) is 0 Å². The topological polar surface area (TPSA) is 37.3 Å². The Labute approximate surface area is 125 Å². The SMILES string of the molecule is O=C(O)C1(SC2CCCCC2)CC(c2ccccc2)C1. The van der Waals surface area contributed by atoms with E-state index in [0.29, 0.717) is 11.2 Å². The Bertz CT molecular complexity index is 459. The summed E-state index contributed by atoms with van der Waals surface area (Å²) in [5.41, 5.74) is 1.30. The van der Waals surface area contributed by atoms with Crippen LogP contribution >= 0.6 is 11.8 Å². The Balaban J connectivity index is 1.65. The van der Waals surface area contributed by atoms with Gasteiger partial charge in [-0.25, -0.2) is 0 Å². The highest BCUT2D eigenvalue weighted by Crippen LogP contribution is 2.55. The number of hydrogen-bond donors (Lipinski definition) is 1. The average molecular weight is 290 g/mol. The number of carboxylic acid groups (broad SMARTS) is 1. The van der Waals surface area contributed by atoms with Crippen molar-refractivity contribution in [3.05, 3.63) is 35.9 Å². The molecule has 20 heavy (non-hydrogen) atoms.